The van der Waals surface area contributed by atoms with E-state index in [1.54, 1.807) is 0 Å². The van der Waals surface area contributed by atoms with Crippen LogP contribution in [0, 0.1) is 23.2 Å². The average molecular weight is 293 g/mol. The third-order valence-electron chi connectivity index (χ3n) is 6.62. The summed E-state index contributed by atoms with van der Waals surface area (Å²) in [5.74, 6) is 2.96. The van der Waals surface area contributed by atoms with E-state index in [4.69, 9.17) is 0 Å². The van der Waals surface area contributed by atoms with Crippen LogP contribution >= 0.6 is 0 Å². The Kier molecular flexibility index (Phi) is 4.95. The van der Waals surface area contributed by atoms with E-state index in [2.05, 4.69) is 31.0 Å². The molecule has 2 aliphatic carbocycles. The van der Waals surface area contributed by atoms with Crippen LogP contribution in [0.15, 0.2) is 0 Å². The first-order valence-corrected chi connectivity index (χ1v) is 9.56. The molecule has 2 saturated carbocycles. The fraction of sp³-hybridized carbons (Fsp3) is 1.00. The van der Waals surface area contributed by atoms with Gasteiger partial charge in [-0.05, 0) is 61.8 Å². The minimum absolute atomic E-state index is 0.480. The Morgan fingerprint density at radius 3 is 2.43 bits per heavy atom. The van der Waals surface area contributed by atoms with E-state index in [-0.39, 0.29) is 0 Å². The quantitative estimate of drug-likeness (QED) is 0.826. The van der Waals surface area contributed by atoms with E-state index in [1.165, 1.54) is 71.1 Å². The Morgan fingerprint density at radius 1 is 1.05 bits per heavy atom. The fourth-order valence-electron chi connectivity index (χ4n) is 5.53. The van der Waals surface area contributed by atoms with Crippen molar-refractivity contribution >= 4 is 0 Å². The van der Waals surface area contributed by atoms with Gasteiger partial charge in [0.25, 0.3) is 0 Å². The lowest BCUT2D eigenvalue weighted by Gasteiger charge is -2.46. The number of hydrogen-bond acceptors (Lipinski definition) is 2. The molecule has 0 aromatic carbocycles. The smallest absolute Gasteiger partial charge is 0.0159 e. The number of hydrogen-bond donors (Lipinski definition) is 1. The fourth-order valence-corrected chi connectivity index (χ4v) is 5.53. The molecule has 0 spiro atoms. The molecule has 1 aliphatic heterocycles. The number of likely N-dealkylation sites (tertiary alicyclic amines) is 1. The molecule has 0 radical (unpaired) electrons. The van der Waals surface area contributed by atoms with Crippen LogP contribution in [0.25, 0.3) is 0 Å². The van der Waals surface area contributed by atoms with Gasteiger partial charge in [0.05, 0.1) is 0 Å². The zero-order valence-corrected chi connectivity index (χ0v) is 14.5. The van der Waals surface area contributed by atoms with E-state index in [0.717, 1.165) is 23.8 Å². The topological polar surface area (TPSA) is 15.3 Å². The molecule has 4 atom stereocenters. The first-order valence-electron chi connectivity index (χ1n) is 9.56. The number of rotatable bonds is 5. The normalized spacial score (nSPS) is 39.6. The molecule has 1 N–H and O–H groups in total. The molecule has 1 saturated heterocycles. The second-order valence-corrected chi connectivity index (χ2v) is 8.74. The van der Waals surface area contributed by atoms with Crippen molar-refractivity contribution < 1.29 is 0 Å². The van der Waals surface area contributed by atoms with Crippen LogP contribution in [0.1, 0.15) is 65.7 Å². The van der Waals surface area contributed by atoms with Crippen molar-refractivity contribution in [2.45, 2.75) is 71.8 Å². The van der Waals surface area contributed by atoms with Gasteiger partial charge in [-0.3, -0.25) is 0 Å². The van der Waals surface area contributed by atoms with Crippen LogP contribution in [0.4, 0.5) is 0 Å². The molecule has 3 rings (SSSR count). The van der Waals surface area contributed by atoms with Crippen LogP contribution in [0.3, 0.4) is 0 Å². The van der Waals surface area contributed by atoms with Crippen molar-refractivity contribution in [3.63, 3.8) is 0 Å². The molecule has 0 aromatic rings. The minimum Gasteiger partial charge on any atom is -0.313 e. The van der Waals surface area contributed by atoms with Crippen LogP contribution in [-0.4, -0.2) is 37.1 Å². The molecular weight excluding hydrogens is 256 g/mol. The Morgan fingerprint density at radius 2 is 1.76 bits per heavy atom. The van der Waals surface area contributed by atoms with Crippen LogP contribution in [0.2, 0.25) is 0 Å². The summed E-state index contributed by atoms with van der Waals surface area (Å²) >= 11 is 0. The monoisotopic (exact) mass is 292 g/mol. The van der Waals surface area contributed by atoms with Crippen molar-refractivity contribution in [2.24, 2.45) is 23.2 Å². The van der Waals surface area contributed by atoms with E-state index in [9.17, 15) is 0 Å². The van der Waals surface area contributed by atoms with E-state index < -0.39 is 0 Å². The highest BCUT2D eigenvalue weighted by Crippen LogP contribution is 2.42. The van der Waals surface area contributed by atoms with Crippen molar-refractivity contribution in [1.29, 1.82) is 0 Å². The summed E-state index contributed by atoms with van der Waals surface area (Å²) < 4.78 is 0. The van der Waals surface area contributed by atoms with Crippen molar-refractivity contribution in [2.75, 3.05) is 26.2 Å². The molecule has 2 nitrogen and oxygen atoms in total. The van der Waals surface area contributed by atoms with Crippen LogP contribution < -0.4 is 5.32 Å². The van der Waals surface area contributed by atoms with Crippen LogP contribution in [0.5, 0.6) is 0 Å². The summed E-state index contributed by atoms with van der Waals surface area (Å²) in [5.41, 5.74) is 0.480. The number of nitrogens with one attached hydrogen (secondary N) is 1. The standard InChI is InChI=1S/C19H36N2/c1-4-11-20-18-17(9-6-10-19(18,2)3)14-21-12-15-7-5-8-16(15)13-21/h15-18,20H,4-14H2,1-3H3. The van der Waals surface area contributed by atoms with Gasteiger partial charge in [-0.2, -0.15) is 0 Å². The van der Waals surface area contributed by atoms with E-state index in [1.807, 2.05) is 0 Å². The van der Waals surface area contributed by atoms with Gasteiger partial charge in [0.15, 0.2) is 0 Å². The van der Waals surface area contributed by atoms with Gasteiger partial charge in [0, 0.05) is 25.7 Å². The van der Waals surface area contributed by atoms with Crippen molar-refractivity contribution in [3.05, 3.63) is 0 Å². The lowest BCUT2D eigenvalue weighted by Crippen LogP contribution is -2.52. The third-order valence-corrected chi connectivity index (χ3v) is 6.62. The first-order chi connectivity index (χ1) is 10.1. The summed E-state index contributed by atoms with van der Waals surface area (Å²) in [6, 6.07) is 0.728. The average Bonchev–Trinajstić information content (AvgIpc) is 2.98. The Bertz CT molecular complexity index is 326. The lowest BCUT2D eigenvalue weighted by molar-refractivity contribution is 0.0829. The molecule has 3 fully saturated rings. The predicted octanol–water partition coefficient (Wildman–Crippen LogP) is 3.91. The molecule has 4 unspecified atom stereocenters. The zero-order chi connectivity index (χ0) is 14.9. The molecule has 1 heterocycles. The van der Waals surface area contributed by atoms with Gasteiger partial charge in [0.2, 0.25) is 0 Å². The summed E-state index contributed by atoms with van der Waals surface area (Å²) in [6.45, 7) is 12.6. The molecule has 0 bridgehead atoms. The number of fused-ring (bicyclic) bond motifs is 1. The largest absolute Gasteiger partial charge is 0.313 e. The SMILES string of the molecule is CCCNC1C(CN2CC3CCCC3C2)CCCC1(C)C. The highest BCUT2D eigenvalue weighted by Gasteiger charge is 2.41. The van der Waals surface area contributed by atoms with Gasteiger partial charge in [-0.25, -0.2) is 0 Å². The maximum Gasteiger partial charge on any atom is 0.0159 e. The van der Waals surface area contributed by atoms with Crippen molar-refractivity contribution in [1.82, 2.24) is 10.2 Å². The van der Waals surface area contributed by atoms with Gasteiger partial charge in [-0.1, -0.05) is 33.6 Å². The van der Waals surface area contributed by atoms with Gasteiger partial charge < -0.3 is 10.2 Å². The molecule has 0 aromatic heterocycles. The zero-order valence-electron chi connectivity index (χ0n) is 14.5. The maximum absolute atomic E-state index is 3.91. The molecule has 122 valence electrons. The van der Waals surface area contributed by atoms with E-state index in [0.29, 0.717) is 5.41 Å². The molecule has 3 aliphatic rings. The Balaban J connectivity index is 1.59. The third kappa shape index (κ3) is 3.47. The molecule has 21 heavy (non-hydrogen) atoms. The second-order valence-electron chi connectivity index (χ2n) is 8.74. The Labute approximate surface area is 132 Å². The summed E-state index contributed by atoms with van der Waals surface area (Å²) in [5, 5.41) is 3.91. The predicted molar refractivity (Wildman–Crippen MR) is 90.5 cm³/mol. The van der Waals surface area contributed by atoms with Gasteiger partial charge in [0.1, 0.15) is 0 Å². The summed E-state index contributed by atoms with van der Waals surface area (Å²) in [4.78, 5) is 2.82. The Hall–Kier alpha value is -0.0800. The minimum atomic E-state index is 0.480. The second kappa shape index (κ2) is 6.58. The highest BCUT2D eigenvalue weighted by atomic mass is 15.2. The lowest BCUT2D eigenvalue weighted by atomic mass is 9.67. The van der Waals surface area contributed by atoms with E-state index >= 15 is 0 Å². The number of nitrogens with zero attached hydrogens (tertiary/aromatic N) is 1. The van der Waals surface area contributed by atoms with Gasteiger partial charge in [-0.15, -0.1) is 0 Å². The van der Waals surface area contributed by atoms with Crippen molar-refractivity contribution in [3.8, 4) is 0 Å². The first kappa shape index (κ1) is 15.8. The van der Waals surface area contributed by atoms with Gasteiger partial charge >= 0.3 is 0 Å². The maximum atomic E-state index is 3.91. The molecular formula is C19H36N2. The molecule has 2 heteroatoms. The summed E-state index contributed by atoms with van der Waals surface area (Å²) in [6.07, 6.45) is 10.0. The van der Waals surface area contributed by atoms with Crippen LogP contribution in [-0.2, 0) is 0 Å². The summed E-state index contributed by atoms with van der Waals surface area (Å²) in [7, 11) is 0. The molecule has 0 amide bonds. The highest BCUT2D eigenvalue weighted by molar-refractivity contribution is 4.96.